The summed E-state index contributed by atoms with van der Waals surface area (Å²) in [6, 6.07) is 5.72. The molecule has 0 spiro atoms. The highest BCUT2D eigenvalue weighted by Gasteiger charge is 2.53. The van der Waals surface area contributed by atoms with E-state index >= 15 is 0 Å². The maximum atomic E-state index is 10.0. The fourth-order valence-corrected chi connectivity index (χ4v) is 3.07. The zero-order chi connectivity index (χ0) is 13.5. The topological polar surface area (TPSA) is 41.5 Å². The molecular formula is C16H23NO2. The Kier molecular flexibility index (Phi) is 3.17. The Bertz CT molecular complexity index is 464. The summed E-state index contributed by atoms with van der Waals surface area (Å²) in [5.41, 5.74) is 1.54. The van der Waals surface area contributed by atoms with E-state index < -0.39 is 0 Å². The van der Waals surface area contributed by atoms with E-state index in [4.69, 9.17) is 4.74 Å². The smallest absolute Gasteiger partial charge is 0.124 e. The third-order valence-electron chi connectivity index (χ3n) is 4.80. The lowest BCUT2D eigenvalue weighted by Crippen LogP contribution is -2.28. The van der Waals surface area contributed by atoms with Crippen LogP contribution in [0, 0.1) is 11.3 Å². The van der Waals surface area contributed by atoms with Gasteiger partial charge in [-0.1, -0.05) is 6.07 Å². The third-order valence-corrected chi connectivity index (χ3v) is 4.80. The molecule has 0 radical (unpaired) electrons. The summed E-state index contributed by atoms with van der Waals surface area (Å²) in [6.07, 6.45) is 5.60. The summed E-state index contributed by atoms with van der Waals surface area (Å²) in [7, 11) is 1.61. The van der Waals surface area contributed by atoms with Gasteiger partial charge in [0.15, 0.2) is 0 Å². The maximum absolute atomic E-state index is 10.0. The van der Waals surface area contributed by atoms with Gasteiger partial charge in [0.1, 0.15) is 11.5 Å². The molecule has 1 aromatic carbocycles. The monoisotopic (exact) mass is 261 g/mol. The summed E-state index contributed by atoms with van der Waals surface area (Å²) in [4.78, 5) is 0. The molecule has 104 valence electrons. The third kappa shape index (κ3) is 2.57. The van der Waals surface area contributed by atoms with Gasteiger partial charge in [-0.05, 0) is 50.0 Å². The van der Waals surface area contributed by atoms with Gasteiger partial charge in [0.25, 0.3) is 0 Å². The molecule has 3 rings (SSSR count). The van der Waals surface area contributed by atoms with Crippen LogP contribution in [0.5, 0.6) is 11.5 Å². The van der Waals surface area contributed by atoms with Gasteiger partial charge in [0, 0.05) is 24.2 Å². The molecule has 1 aromatic rings. The van der Waals surface area contributed by atoms with Crippen LogP contribution in [0.25, 0.3) is 0 Å². The Hall–Kier alpha value is -1.22. The molecule has 19 heavy (non-hydrogen) atoms. The van der Waals surface area contributed by atoms with E-state index in [1.54, 1.807) is 13.2 Å². The number of aromatic hydroxyl groups is 1. The highest BCUT2D eigenvalue weighted by Crippen LogP contribution is 2.61. The van der Waals surface area contributed by atoms with E-state index in [-0.39, 0.29) is 6.04 Å². The molecule has 3 heteroatoms. The second kappa shape index (κ2) is 4.71. The molecule has 1 atom stereocenters. The number of ether oxygens (including phenoxy) is 1. The number of phenolic OH excluding ortho intramolecular Hbond substituents is 1. The Morgan fingerprint density at radius 1 is 1.42 bits per heavy atom. The van der Waals surface area contributed by atoms with Gasteiger partial charge in [0.05, 0.1) is 7.11 Å². The minimum absolute atomic E-state index is 0.183. The first-order valence-electron chi connectivity index (χ1n) is 7.25. The molecule has 0 aliphatic heterocycles. The van der Waals surface area contributed by atoms with Crippen molar-refractivity contribution in [2.24, 2.45) is 11.3 Å². The summed E-state index contributed by atoms with van der Waals surface area (Å²) in [5.74, 6) is 1.98. The Morgan fingerprint density at radius 3 is 2.68 bits per heavy atom. The number of methoxy groups -OCH3 is 1. The van der Waals surface area contributed by atoms with Gasteiger partial charge < -0.3 is 15.2 Å². The van der Waals surface area contributed by atoms with Crippen LogP contribution in [-0.4, -0.2) is 18.8 Å². The van der Waals surface area contributed by atoms with Crippen molar-refractivity contribution in [2.45, 2.75) is 38.6 Å². The maximum Gasteiger partial charge on any atom is 0.124 e. The van der Waals surface area contributed by atoms with Crippen molar-refractivity contribution in [1.29, 1.82) is 0 Å². The summed E-state index contributed by atoms with van der Waals surface area (Å²) in [6.45, 7) is 3.20. The van der Waals surface area contributed by atoms with Crippen molar-refractivity contribution < 1.29 is 9.84 Å². The summed E-state index contributed by atoms with van der Waals surface area (Å²) in [5, 5.41) is 13.6. The van der Waals surface area contributed by atoms with E-state index in [0.29, 0.717) is 16.9 Å². The number of nitrogens with one attached hydrogen (secondary N) is 1. The quantitative estimate of drug-likeness (QED) is 0.826. The van der Waals surface area contributed by atoms with E-state index in [2.05, 4.69) is 12.2 Å². The average molecular weight is 261 g/mol. The van der Waals surface area contributed by atoms with Gasteiger partial charge in [-0.2, -0.15) is 0 Å². The van der Waals surface area contributed by atoms with Gasteiger partial charge in [-0.15, -0.1) is 0 Å². The standard InChI is InChI=1S/C16H23NO2/c1-11(14-6-5-13(19-2)9-15(14)18)17-10-16(7-8-16)12-3-4-12/h5-6,9,11-12,17-18H,3-4,7-8,10H2,1-2H3. The molecule has 2 aliphatic carbocycles. The number of rotatable bonds is 6. The van der Waals surface area contributed by atoms with Crippen LogP contribution >= 0.6 is 0 Å². The predicted octanol–water partition coefficient (Wildman–Crippen LogP) is 3.24. The lowest BCUT2D eigenvalue weighted by atomic mass is 9.99. The van der Waals surface area contributed by atoms with Crippen LogP contribution in [0.2, 0.25) is 0 Å². The second-order valence-corrected chi connectivity index (χ2v) is 6.16. The van der Waals surface area contributed by atoms with Gasteiger partial charge >= 0.3 is 0 Å². The first kappa shape index (κ1) is 12.8. The van der Waals surface area contributed by atoms with E-state index in [0.717, 1.165) is 18.0 Å². The van der Waals surface area contributed by atoms with Crippen LogP contribution in [0.15, 0.2) is 18.2 Å². The Balaban J connectivity index is 1.62. The van der Waals surface area contributed by atoms with Crippen molar-refractivity contribution in [3.05, 3.63) is 23.8 Å². The van der Waals surface area contributed by atoms with E-state index in [1.807, 2.05) is 12.1 Å². The van der Waals surface area contributed by atoms with Crippen LogP contribution < -0.4 is 10.1 Å². The first-order chi connectivity index (χ1) is 9.14. The van der Waals surface area contributed by atoms with Crippen molar-refractivity contribution in [2.75, 3.05) is 13.7 Å². The molecule has 0 heterocycles. The number of benzene rings is 1. The summed E-state index contributed by atoms with van der Waals surface area (Å²) >= 11 is 0. The molecule has 1 unspecified atom stereocenters. The highest BCUT2D eigenvalue weighted by atomic mass is 16.5. The molecule has 2 aliphatic rings. The van der Waals surface area contributed by atoms with Gasteiger partial charge in [-0.25, -0.2) is 0 Å². The first-order valence-corrected chi connectivity index (χ1v) is 7.25. The molecule has 0 saturated heterocycles. The molecule has 0 amide bonds. The zero-order valence-corrected chi connectivity index (χ0v) is 11.8. The number of hydrogen-bond donors (Lipinski definition) is 2. The minimum atomic E-state index is 0.183. The molecule has 2 saturated carbocycles. The lowest BCUT2D eigenvalue weighted by Gasteiger charge is -2.21. The van der Waals surface area contributed by atoms with E-state index in [1.165, 1.54) is 25.7 Å². The largest absolute Gasteiger partial charge is 0.507 e. The number of hydrogen-bond acceptors (Lipinski definition) is 3. The average Bonchev–Trinajstić information content (AvgIpc) is 3.28. The molecule has 2 fully saturated rings. The van der Waals surface area contributed by atoms with E-state index in [9.17, 15) is 5.11 Å². The van der Waals surface area contributed by atoms with Gasteiger partial charge in [0.2, 0.25) is 0 Å². The van der Waals surface area contributed by atoms with Crippen molar-refractivity contribution in [3.63, 3.8) is 0 Å². The highest BCUT2D eigenvalue weighted by molar-refractivity contribution is 5.41. The van der Waals surface area contributed by atoms with Crippen molar-refractivity contribution in [1.82, 2.24) is 5.32 Å². The number of phenols is 1. The Morgan fingerprint density at radius 2 is 2.16 bits per heavy atom. The normalized spacial score (nSPS) is 22.0. The molecular weight excluding hydrogens is 238 g/mol. The lowest BCUT2D eigenvalue weighted by molar-refractivity contribution is 0.373. The molecule has 0 bridgehead atoms. The fraction of sp³-hybridized carbons (Fsp3) is 0.625. The second-order valence-electron chi connectivity index (χ2n) is 6.16. The SMILES string of the molecule is COc1ccc(C(C)NCC2(C3CC3)CC2)c(O)c1. The van der Waals surface area contributed by atoms with Crippen LogP contribution in [0.4, 0.5) is 0 Å². The van der Waals surface area contributed by atoms with Crippen molar-refractivity contribution in [3.8, 4) is 11.5 Å². The fourth-order valence-electron chi connectivity index (χ4n) is 3.07. The summed E-state index contributed by atoms with van der Waals surface area (Å²) < 4.78 is 5.11. The Labute approximate surface area is 115 Å². The minimum Gasteiger partial charge on any atom is -0.507 e. The van der Waals surface area contributed by atoms with Crippen LogP contribution in [0.3, 0.4) is 0 Å². The molecule has 3 nitrogen and oxygen atoms in total. The van der Waals surface area contributed by atoms with Gasteiger partial charge in [-0.3, -0.25) is 0 Å². The predicted molar refractivity (Wildman–Crippen MR) is 75.5 cm³/mol. The zero-order valence-electron chi connectivity index (χ0n) is 11.8. The van der Waals surface area contributed by atoms with Crippen LogP contribution in [0.1, 0.15) is 44.2 Å². The molecule has 2 N–H and O–H groups in total. The molecule has 0 aromatic heterocycles. The van der Waals surface area contributed by atoms with Crippen molar-refractivity contribution >= 4 is 0 Å². The van der Waals surface area contributed by atoms with Crippen LogP contribution in [-0.2, 0) is 0 Å².